The van der Waals surface area contributed by atoms with Gasteiger partial charge in [0, 0.05) is 11.8 Å². The summed E-state index contributed by atoms with van der Waals surface area (Å²) in [5, 5.41) is 22.3. The van der Waals surface area contributed by atoms with Crippen molar-refractivity contribution < 1.29 is 5.21 Å². The lowest BCUT2D eigenvalue weighted by atomic mass is 10.1. The maximum atomic E-state index is 9.23. The molecule has 0 fully saturated rings. The summed E-state index contributed by atoms with van der Waals surface area (Å²) in [7, 11) is 0. The molecule has 0 saturated carbocycles. The number of hydrogen-bond acceptors (Lipinski definition) is 3. The normalized spacial score (nSPS) is 10.2. The van der Waals surface area contributed by atoms with Gasteiger partial charge in [0.2, 0.25) is 0 Å². The predicted molar refractivity (Wildman–Crippen MR) is 50.9 cm³/mol. The Bertz CT molecular complexity index is 496. The van der Waals surface area contributed by atoms with E-state index in [-0.39, 0.29) is 0 Å². The molecule has 0 amide bonds. The highest BCUT2D eigenvalue weighted by atomic mass is 16.5. The van der Waals surface area contributed by atoms with Crippen molar-refractivity contribution in [1.82, 2.24) is 9.94 Å². The van der Waals surface area contributed by atoms with E-state index in [9.17, 15) is 5.21 Å². The van der Waals surface area contributed by atoms with Crippen LogP contribution in [0.1, 0.15) is 12.0 Å². The van der Waals surface area contributed by atoms with Gasteiger partial charge in [-0.2, -0.15) is 5.26 Å². The Hall–Kier alpha value is -2.02. The molecule has 0 bridgehead atoms. The molecular weight excluding hydrogens is 178 g/mol. The van der Waals surface area contributed by atoms with Crippen LogP contribution in [0.3, 0.4) is 0 Å². The van der Waals surface area contributed by atoms with E-state index in [4.69, 9.17) is 5.26 Å². The third-order valence-corrected chi connectivity index (χ3v) is 2.14. The fourth-order valence-electron chi connectivity index (χ4n) is 1.42. The van der Waals surface area contributed by atoms with Gasteiger partial charge in [-0.1, -0.05) is 6.07 Å². The van der Waals surface area contributed by atoms with Gasteiger partial charge >= 0.3 is 0 Å². The Morgan fingerprint density at radius 3 is 3.14 bits per heavy atom. The quantitative estimate of drug-likeness (QED) is 0.728. The van der Waals surface area contributed by atoms with Crippen LogP contribution in [0.4, 0.5) is 0 Å². The maximum Gasteiger partial charge on any atom is 0.110 e. The van der Waals surface area contributed by atoms with E-state index < -0.39 is 0 Å². The Balaban J connectivity index is 2.38. The zero-order valence-corrected chi connectivity index (χ0v) is 7.51. The standard InChI is InChI=1S/C10H9N3O/c11-5-1-2-8-3-4-10-9(6-8)7-12-13(10)14/h3-4,6-7,14H,1-2H2. The van der Waals surface area contributed by atoms with Crippen LogP contribution < -0.4 is 0 Å². The third-order valence-electron chi connectivity index (χ3n) is 2.14. The van der Waals surface area contributed by atoms with Crippen molar-refractivity contribution in [2.24, 2.45) is 0 Å². The molecule has 1 aromatic carbocycles. The molecule has 4 nitrogen and oxygen atoms in total. The molecule has 0 aliphatic heterocycles. The molecule has 1 heterocycles. The molecule has 4 heteroatoms. The third kappa shape index (κ3) is 1.40. The van der Waals surface area contributed by atoms with E-state index in [1.807, 2.05) is 12.1 Å². The van der Waals surface area contributed by atoms with Crippen LogP contribution in [-0.4, -0.2) is 15.2 Å². The number of benzene rings is 1. The molecule has 1 aromatic heterocycles. The molecule has 0 aliphatic rings. The largest absolute Gasteiger partial charge is 0.411 e. The first-order chi connectivity index (χ1) is 6.81. The summed E-state index contributed by atoms with van der Waals surface area (Å²) in [6.45, 7) is 0. The summed E-state index contributed by atoms with van der Waals surface area (Å²) < 4.78 is 0. The second-order valence-corrected chi connectivity index (χ2v) is 3.09. The average Bonchev–Trinajstić information content (AvgIpc) is 2.57. The number of fused-ring (bicyclic) bond motifs is 1. The molecule has 1 N–H and O–H groups in total. The lowest BCUT2D eigenvalue weighted by molar-refractivity contribution is 0.161. The number of nitrogens with zero attached hydrogens (tertiary/aromatic N) is 3. The summed E-state index contributed by atoms with van der Waals surface area (Å²) in [5.41, 5.74) is 1.78. The zero-order chi connectivity index (χ0) is 9.97. The van der Waals surface area contributed by atoms with E-state index in [2.05, 4.69) is 11.2 Å². The van der Waals surface area contributed by atoms with Gasteiger partial charge in [-0.15, -0.1) is 9.94 Å². The molecule has 0 saturated heterocycles. The molecule has 2 rings (SSSR count). The topological polar surface area (TPSA) is 61.8 Å². The number of hydrogen-bond donors (Lipinski definition) is 1. The van der Waals surface area contributed by atoms with Crippen LogP contribution >= 0.6 is 0 Å². The van der Waals surface area contributed by atoms with E-state index in [1.54, 1.807) is 12.3 Å². The Morgan fingerprint density at radius 2 is 2.36 bits per heavy atom. The predicted octanol–water partition coefficient (Wildman–Crippen LogP) is 1.73. The van der Waals surface area contributed by atoms with Crippen molar-refractivity contribution in [2.45, 2.75) is 12.8 Å². The molecule has 0 radical (unpaired) electrons. The first kappa shape index (κ1) is 8.57. The number of aromatic nitrogens is 2. The van der Waals surface area contributed by atoms with Crippen LogP contribution in [0.2, 0.25) is 0 Å². The molecule has 0 unspecified atom stereocenters. The molecule has 70 valence electrons. The summed E-state index contributed by atoms with van der Waals surface area (Å²) in [4.78, 5) is 0.851. The average molecular weight is 187 g/mol. The van der Waals surface area contributed by atoms with Crippen molar-refractivity contribution in [1.29, 1.82) is 5.26 Å². The van der Waals surface area contributed by atoms with Crippen molar-refractivity contribution in [2.75, 3.05) is 0 Å². The molecule has 0 spiro atoms. The van der Waals surface area contributed by atoms with Gasteiger partial charge in [-0.3, -0.25) is 0 Å². The monoisotopic (exact) mass is 187 g/mol. The first-order valence-corrected chi connectivity index (χ1v) is 4.34. The molecule has 14 heavy (non-hydrogen) atoms. The van der Waals surface area contributed by atoms with E-state index in [0.29, 0.717) is 11.9 Å². The van der Waals surface area contributed by atoms with Crippen LogP contribution in [0, 0.1) is 11.3 Å². The van der Waals surface area contributed by atoms with Crippen LogP contribution in [0.15, 0.2) is 24.4 Å². The van der Waals surface area contributed by atoms with Crippen molar-refractivity contribution >= 4 is 10.9 Å². The molecule has 2 aromatic rings. The highest BCUT2D eigenvalue weighted by Gasteiger charge is 2.01. The van der Waals surface area contributed by atoms with Gasteiger partial charge in [-0.05, 0) is 24.1 Å². The second-order valence-electron chi connectivity index (χ2n) is 3.09. The van der Waals surface area contributed by atoms with Crippen LogP contribution in [0.5, 0.6) is 0 Å². The summed E-state index contributed by atoms with van der Waals surface area (Å²) in [5.74, 6) is 0. The minimum atomic E-state index is 0.513. The van der Waals surface area contributed by atoms with Gasteiger partial charge < -0.3 is 5.21 Å². The number of rotatable bonds is 2. The highest BCUT2D eigenvalue weighted by Crippen LogP contribution is 2.15. The van der Waals surface area contributed by atoms with E-state index >= 15 is 0 Å². The minimum absolute atomic E-state index is 0.513. The van der Waals surface area contributed by atoms with Crippen molar-refractivity contribution in [3.8, 4) is 6.07 Å². The maximum absolute atomic E-state index is 9.23. The van der Waals surface area contributed by atoms with Gasteiger partial charge in [0.25, 0.3) is 0 Å². The number of aryl methyl sites for hydroxylation is 1. The van der Waals surface area contributed by atoms with Gasteiger partial charge in [-0.25, -0.2) is 0 Å². The Labute approximate surface area is 81.0 Å². The van der Waals surface area contributed by atoms with Crippen molar-refractivity contribution in [3.05, 3.63) is 30.0 Å². The summed E-state index contributed by atoms with van der Waals surface area (Å²) in [6.07, 6.45) is 2.85. The first-order valence-electron chi connectivity index (χ1n) is 4.34. The lowest BCUT2D eigenvalue weighted by Gasteiger charge is -1.97. The Kier molecular flexibility index (Phi) is 2.07. The fourth-order valence-corrected chi connectivity index (χ4v) is 1.42. The second kappa shape index (κ2) is 3.38. The molecule has 0 atom stereocenters. The minimum Gasteiger partial charge on any atom is -0.411 e. The van der Waals surface area contributed by atoms with E-state index in [1.165, 1.54) is 0 Å². The fraction of sp³-hybridized carbons (Fsp3) is 0.200. The van der Waals surface area contributed by atoms with Gasteiger partial charge in [0.05, 0.1) is 12.3 Å². The van der Waals surface area contributed by atoms with Gasteiger partial charge in [0.1, 0.15) is 5.52 Å². The van der Waals surface area contributed by atoms with Crippen molar-refractivity contribution in [3.63, 3.8) is 0 Å². The molecular formula is C10H9N3O. The summed E-state index contributed by atoms with van der Waals surface area (Å²) in [6, 6.07) is 7.73. The zero-order valence-electron chi connectivity index (χ0n) is 7.51. The van der Waals surface area contributed by atoms with Gasteiger partial charge in [0.15, 0.2) is 0 Å². The summed E-state index contributed by atoms with van der Waals surface area (Å²) >= 11 is 0. The smallest absolute Gasteiger partial charge is 0.110 e. The van der Waals surface area contributed by atoms with Crippen LogP contribution in [0.25, 0.3) is 10.9 Å². The SMILES string of the molecule is N#CCCc1ccc2c(cnn2O)c1. The molecule has 0 aliphatic carbocycles. The highest BCUT2D eigenvalue weighted by molar-refractivity contribution is 5.78. The lowest BCUT2D eigenvalue weighted by Crippen LogP contribution is -1.91. The Morgan fingerprint density at radius 1 is 1.50 bits per heavy atom. The van der Waals surface area contributed by atoms with Crippen LogP contribution in [-0.2, 0) is 6.42 Å². The number of nitriles is 1. The van der Waals surface area contributed by atoms with E-state index in [0.717, 1.165) is 22.2 Å².